The third-order valence-corrected chi connectivity index (χ3v) is 6.80. The van der Waals surface area contributed by atoms with Gasteiger partial charge in [-0.05, 0) is 43.0 Å². The first-order valence-corrected chi connectivity index (χ1v) is 11.5. The molecule has 1 saturated heterocycles. The van der Waals surface area contributed by atoms with Crippen molar-refractivity contribution in [2.45, 2.75) is 36.3 Å². The molecule has 156 valence electrons. The van der Waals surface area contributed by atoms with Gasteiger partial charge in [-0.3, -0.25) is 4.79 Å². The van der Waals surface area contributed by atoms with Crippen LogP contribution >= 0.6 is 23.2 Å². The van der Waals surface area contributed by atoms with Gasteiger partial charge in [0, 0.05) is 18.2 Å². The van der Waals surface area contributed by atoms with Gasteiger partial charge in [0.25, 0.3) is 0 Å². The molecule has 0 aromatic heterocycles. The summed E-state index contributed by atoms with van der Waals surface area (Å²) in [6.07, 6.45) is 1.96. The summed E-state index contributed by atoms with van der Waals surface area (Å²) in [5.41, 5.74) is 0.824. The lowest BCUT2D eigenvalue weighted by Gasteiger charge is -2.20. The zero-order valence-corrected chi connectivity index (χ0v) is 17.9. The molecule has 9 heteroatoms. The normalized spacial score (nSPS) is 17.8. The monoisotopic (exact) mass is 456 g/mol. The molecule has 2 aromatic rings. The summed E-state index contributed by atoms with van der Waals surface area (Å²) in [4.78, 5) is 12.6. The number of benzene rings is 2. The Kier molecular flexibility index (Phi) is 7.54. The minimum absolute atomic E-state index is 0.0279. The number of hydrogen-bond acceptors (Lipinski definition) is 4. The lowest BCUT2D eigenvalue weighted by atomic mass is 10.1. The van der Waals surface area contributed by atoms with E-state index in [1.807, 2.05) is 30.3 Å². The second-order valence-corrected chi connectivity index (χ2v) is 9.34. The number of sulfonamides is 1. The van der Waals surface area contributed by atoms with E-state index in [9.17, 15) is 13.2 Å². The third-order valence-electron chi connectivity index (χ3n) is 4.61. The summed E-state index contributed by atoms with van der Waals surface area (Å²) in [5.74, 6) is -0.425. The van der Waals surface area contributed by atoms with Crippen LogP contribution in [0.1, 0.15) is 18.4 Å². The maximum atomic E-state index is 12.9. The third kappa shape index (κ3) is 6.17. The number of ether oxygens (including phenoxy) is 1. The van der Waals surface area contributed by atoms with E-state index in [4.69, 9.17) is 27.9 Å². The summed E-state index contributed by atoms with van der Waals surface area (Å²) < 4.78 is 33.8. The summed E-state index contributed by atoms with van der Waals surface area (Å²) in [6, 6.07) is 12.3. The Morgan fingerprint density at radius 3 is 2.62 bits per heavy atom. The average molecular weight is 457 g/mol. The Morgan fingerprint density at radius 2 is 1.93 bits per heavy atom. The van der Waals surface area contributed by atoms with Gasteiger partial charge in [-0.25, -0.2) is 8.42 Å². The number of halogens is 2. The van der Waals surface area contributed by atoms with E-state index in [0.717, 1.165) is 18.4 Å². The quantitative estimate of drug-likeness (QED) is 0.638. The fourth-order valence-corrected chi connectivity index (χ4v) is 5.07. The smallest absolute Gasteiger partial charge is 0.242 e. The molecular weight excluding hydrogens is 435 g/mol. The molecule has 0 spiro atoms. The fourth-order valence-electron chi connectivity index (χ4n) is 3.11. The molecule has 2 N–H and O–H groups in total. The second kappa shape index (κ2) is 9.91. The number of nitrogens with one attached hydrogen (secondary N) is 2. The van der Waals surface area contributed by atoms with E-state index in [1.165, 1.54) is 18.2 Å². The van der Waals surface area contributed by atoms with E-state index in [2.05, 4.69) is 10.0 Å². The van der Waals surface area contributed by atoms with Crippen molar-refractivity contribution in [2.24, 2.45) is 0 Å². The SMILES string of the molecule is O=C(NC[C@@H]1CCCO1)[C@H](Cc1ccccc1)NS(=O)(=O)c1cc(Cl)ccc1Cl. The van der Waals surface area contributed by atoms with Crippen molar-refractivity contribution in [3.05, 3.63) is 64.1 Å². The van der Waals surface area contributed by atoms with Crippen LogP contribution in [-0.4, -0.2) is 39.6 Å². The van der Waals surface area contributed by atoms with Gasteiger partial charge in [0.15, 0.2) is 0 Å². The Morgan fingerprint density at radius 1 is 1.17 bits per heavy atom. The lowest BCUT2D eigenvalue weighted by molar-refractivity contribution is -0.123. The van der Waals surface area contributed by atoms with E-state index in [0.29, 0.717) is 13.2 Å². The molecule has 0 radical (unpaired) electrons. The van der Waals surface area contributed by atoms with Gasteiger partial charge < -0.3 is 10.1 Å². The first kappa shape index (κ1) is 22.1. The van der Waals surface area contributed by atoms with Gasteiger partial charge in [0.05, 0.1) is 11.1 Å². The summed E-state index contributed by atoms with van der Waals surface area (Å²) in [6.45, 7) is 1.01. The number of carbonyl (C=O) groups excluding carboxylic acids is 1. The Bertz CT molecular complexity index is 948. The highest BCUT2D eigenvalue weighted by molar-refractivity contribution is 7.89. The summed E-state index contributed by atoms with van der Waals surface area (Å²) >= 11 is 12.0. The minimum Gasteiger partial charge on any atom is -0.376 e. The van der Waals surface area contributed by atoms with Gasteiger partial charge in [0.2, 0.25) is 15.9 Å². The van der Waals surface area contributed by atoms with Gasteiger partial charge in [0.1, 0.15) is 10.9 Å². The van der Waals surface area contributed by atoms with Gasteiger partial charge in [-0.2, -0.15) is 4.72 Å². The van der Waals surface area contributed by atoms with Crippen LogP contribution in [0.3, 0.4) is 0 Å². The lowest BCUT2D eigenvalue weighted by Crippen LogP contribution is -2.49. The van der Waals surface area contributed by atoms with E-state index in [1.54, 1.807) is 0 Å². The van der Waals surface area contributed by atoms with Crippen LogP contribution in [0, 0.1) is 0 Å². The van der Waals surface area contributed by atoms with Crippen molar-refractivity contribution in [1.82, 2.24) is 10.0 Å². The Labute approximate surface area is 180 Å². The first-order chi connectivity index (χ1) is 13.8. The molecule has 0 bridgehead atoms. The van der Waals surface area contributed by atoms with Gasteiger partial charge in [-0.15, -0.1) is 0 Å². The molecule has 0 saturated carbocycles. The molecule has 1 amide bonds. The molecular formula is C20H22Cl2N2O4S. The molecule has 2 atom stereocenters. The number of rotatable bonds is 8. The molecule has 1 aliphatic rings. The minimum atomic E-state index is -4.07. The van der Waals surface area contributed by atoms with E-state index < -0.39 is 22.0 Å². The Balaban J connectivity index is 1.79. The Hall–Kier alpha value is -1.64. The van der Waals surface area contributed by atoms with Gasteiger partial charge >= 0.3 is 0 Å². The van der Waals surface area contributed by atoms with Crippen molar-refractivity contribution in [3.8, 4) is 0 Å². The predicted octanol–water partition coefficient (Wildman–Crippen LogP) is 3.18. The molecule has 1 aliphatic heterocycles. The van der Waals surface area contributed by atoms with Crippen molar-refractivity contribution < 1.29 is 17.9 Å². The topological polar surface area (TPSA) is 84.5 Å². The van der Waals surface area contributed by atoms with Crippen LogP contribution in [0.25, 0.3) is 0 Å². The van der Waals surface area contributed by atoms with Crippen LogP contribution in [0.4, 0.5) is 0 Å². The predicted molar refractivity (Wildman–Crippen MR) is 113 cm³/mol. The molecule has 2 aromatic carbocycles. The number of amides is 1. The summed E-state index contributed by atoms with van der Waals surface area (Å²) in [5, 5.41) is 3.06. The molecule has 0 aliphatic carbocycles. The molecule has 1 fully saturated rings. The highest BCUT2D eigenvalue weighted by atomic mass is 35.5. The van der Waals surface area contributed by atoms with E-state index >= 15 is 0 Å². The number of hydrogen-bond donors (Lipinski definition) is 2. The largest absolute Gasteiger partial charge is 0.376 e. The average Bonchev–Trinajstić information content (AvgIpc) is 3.21. The van der Waals surface area contributed by atoms with Crippen molar-refractivity contribution in [3.63, 3.8) is 0 Å². The van der Waals surface area contributed by atoms with Gasteiger partial charge in [-0.1, -0.05) is 53.5 Å². The second-order valence-electron chi connectivity index (χ2n) is 6.82. The maximum Gasteiger partial charge on any atom is 0.242 e. The first-order valence-electron chi connectivity index (χ1n) is 9.26. The van der Waals surface area contributed by atoms with Crippen LogP contribution in [0.2, 0.25) is 10.0 Å². The van der Waals surface area contributed by atoms with Crippen LogP contribution in [0.15, 0.2) is 53.4 Å². The zero-order valence-electron chi connectivity index (χ0n) is 15.6. The molecule has 0 unspecified atom stereocenters. The fraction of sp³-hybridized carbons (Fsp3) is 0.350. The van der Waals surface area contributed by atoms with Crippen molar-refractivity contribution in [2.75, 3.05) is 13.2 Å². The summed E-state index contributed by atoms with van der Waals surface area (Å²) in [7, 11) is -4.07. The standard InChI is InChI=1S/C20H22Cl2N2O4S/c21-15-8-9-17(22)19(12-15)29(26,27)24-18(11-14-5-2-1-3-6-14)20(25)23-13-16-7-4-10-28-16/h1-3,5-6,8-9,12,16,18,24H,4,7,10-11,13H2,(H,23,25)/t16-,18-/m0/s1. The highest BCUT2D eigenvalue weighted by Gasteiger charge is 2.28. The molecule has 6 nitrogen and oxygen atoms in total. The highest BCUT2D eigenvalue weighted by Crippen LogP contribution is 2.25. The van der Waals surface area contributed by atoms with Crippen molar-refractivity contribution in [1.29, 1.82) is 0 Å². The number of carbonyl (C=O) groups is 1. The van der Waals surface area contributed by atoms with Crippen LogP contribution in [-0.2, 0) is 26.0 Å². The molecule has 29 heavy (non-hydrogen) atoms. The van der Waals surface area contributed by atoms with Crippen molar-refractivity contribution >= 4 is 39.1 Å². The molecule has 1 heterocycles. The maximum absolute atomic E-state index is 12.9. The van der Waals surface area contributed by atoms with Crippen LogP contribution in [0.5, 0.6) is 0 Å². The van der Waals surface area contributed by atoms with E-state index in [-0.39, 0.29) is 27.5 Å². The van der Waals surface area contributed by atoms with Crippen LogP contribution < -0.4 is 10.0 Å². The zero-order chi connectivity index (χ0) is 20.9. The molecule has 3 rings (SSSR count).